The number of nitrogens with zero attached hydrogens (tertiary/aromatic N) is 2. The van der Waals surface area contributed by atoms with E-state index in [9.17, 15) is 23.3 Å². The van der Waals surface area contributed by atoms with Crippen LogP contribution in [0.2, 0.25) is 5.02 Å². The van der Waals surface area contributed by atoms with Crippen LogP contribution in [0.4, 0.5) is 11.4 Å². The van der Waals surface area contributed by atoms with Gasteiger partial charge in [0.1, 0.15) is 10.6 Å². The summed E-state index contributed by atoms with van der Waals surface area (Å²) in [7, 11) is -3.74. The number of hydrogen-bond acceptors (Lipinski definition) is 6. The van der Waals surface area contributed by atoms with E-state index in [1.807, 2.05) is 0 Å². The minimum absolute atomic E-state index is 0.0238. The lowest BCUT2D eigenvalue weighted by Crippen LogP contribution is -2.36. The monoisotopic (exact) mass is 422 g/mol. The fourth-order valence-corrected chi connectivity index (χ4v) is 4.46. The van der Waals surface area contributed by atoms with Crippen LogP contribution in [-0.2, 0) is 9.84 Å². The number of nitro benzene ring substituents is 1. The molecule has 0 aliphatic carbocycles. The summed E-state index contributed by atoms with van der Waals surface area (Å²) in [5.74, 6) is -0.162. The molecule has 7 nitrogen and oxygen atoms in total. The number of sulfone groups is 1. The average molecular weight is 423 g/mol. The lowest BCUT2D eigenvalue weighted by molar-refractivity contribution is -0.387. The van der Waals surface area contributed by atoms with Gasteiger partial charge >= 0.3 is 5.69 Å². The third-order valence-corrected chi connectivity index (χ3v) is 6.28. The molecule has 28 heavy (non-hydrogen) atoms. The van der Waals surface area contributed by atoms with Crippen LogP contribution in [0.3, 0.4) is 0 Å². The van der Waals surface area contributed by atoms with Crippen LogP contribution in [0.15, 0.2) is 47.4 Å². The number of rotatable bonds is 5. The molecule has 148 valence electrons. The first kappa shape index (κ1) is 20.3. The highest BCUT2D eigenvalue weighted by atomic mass is 35.5. The van der Waals surface area contributed by atoms with E-state index in [1.165, 1.54) is 12.1 Å². The first-order chi connectivity index (χ1) is 13.2. The zero-order chi connectivity index (χ0) is 20.5. The largest absolute Gasteiger partial charge is 0.366 e. The smallest absolute Gasteiger partial charge is 0.311 e. The summed E-state index contributed by atoms with van der Waals surface area (Å²) < 4.78 is 23.9. The number of benzene rings is 2. The van der Waals surface area contributed by atoms with E-state index in [-0.39, 0.29) is 22.3 Å². The molecule has 0 spiro atoms. The highest BCUT2D eigenvalue weighted by molar-refractivity contribution is 7.90. The molecule has 1 aliphatic heterocycles. The number of Topliss-reactive ketones (excluding diaryl/α,β-unsaturated/α-hetero) is 1. The number of nitro groups is 1. The molecule has 1 heterocycles. The second-order valence-electron chi connectivity index (χ2n) is 6.79. The average Bonchev–Trinajstić information content (AvgIpc) is 2.67. The molecule has 0 N–H and O–H groups in total. The van der Waals surface area contributed by atoms with Gasteiger partial charge in [-0.1, -0.05) is 17.7 Å². The van der Waals surface area contributed by atoms with E-state index >= 15 is 0 Å². The third kappa shape index (κ3) is 4.18. The van der Waals surface area contributed by atoms with E-state index < -0.39 is 20.4 Å². The Bertz CT molecular complexity index is 1010. The summed E-state index contributed by atoms with van der Waals surface area (Å²) in [5, 5.41) is 12.1. The quantitative estimate of drug-likeness (QED) is 0.413. The van der Waals surface area contributed by atoms with Crippen LogP contribution in [-0.4, -0.2) is 38.5 Å². The van der Waals surface area contributed by atoms with Gasteiger partial charge in [0.05, 0.1) is 4.92 Å². The van der Waals surface area contributed by atoms with Gasteiger partial charge in [0.15, 0.2) is 15.6 Å². The number of hydrogen-bond donors (Lipinski definition) is 0. The van der Waals surface area contributed by atoms with Crippen molar-refractivity contribution >= 4 is 38.6 Å². The zero-order valence-corrected chi connectivity index (χ0v) is 16.7. The van der Waals surface area contributed by atoms with Crippen molar-refractivity contribution < 1.29 is 18.1 Å². The van der Waals surface area contributed by atoms with Gasteiger partial charge in [0, 0.05) is 35.8 Å². The first-order valence-electron chi connectivity index (χ1n) is 8.70. The Morgan fingerprint density at radius 1 is 1.14 bits per heavy atom. The molecule has 0 bridgehead atoms. The minimum Gasteiger partial charge on any atom is -0.366 e. The molecule has 0 saturated carbocycles. The van der Waals surface area contributed by atoms with Crippen LogP contribution in [0.1, 0.15) is 23.2 Å². The Hall–Kier alpha value is -2.45. The molecule has 3 rings (SSSR count). The van der Waals surface area contributed by atoms with E-state index in [1.54, 1.807) is 35.2 Å². The van der Waals surface area contributed by atoms with Crippen molar-refractivity contribution in [3.8, 4) is 0 Å². The number of piperidine rings is 1. The fourth-order valence-electron chi connectivity index (χ4n) is 3.48. The van der Waals surface area contributed by atoms with Gasteiger partial charge in [-0.2, -0.15) is 0 Å². The van der Waals surface area contributed by atoms with Crippen molar-refractivity contribution in [3.63, 3.8) is 0 Å². The number of para-hydroxylation sites is 1. The lowest BCUT2D eigenvalue weighted by atomic mass is 9.88. The lowest BCUT2D eigenvalue weighted by Gasteiger charge is -2.32. The summed E-state index contributed by atoms with van der Waals surface area (Å²) >= 11 is 5.86. The summed E-state index contributed by atoms with van der Waals surface area (Å²) in [5.41, 5.74) is 0.450. The number of anilines is 1. The molecule has 1 aliphatic rings. The Labute approximate surface area is 168 Å². The maximum absolute atomic E-state index is 12.7. The molecular formula is C19H19ClN2O5S. The van der Waals surface area contributed by atoms with Crippen molar-refractivity contribution in [3.05, 3.63) is 63.2 Å². The molecule has 1 fully saturated rings. The summed E-state index contributed by atoms with van der Waals surface area (Å²) in [6.07, 6.45) is 2.01. The normalized spacial score (nSPS) is 15.4. The molecule has 2 aromatic rings. The molecule has 0 amide bonds. The maximum atomic E-state index is 12.7. The molecule has 1 saturated heterocycles. The van der Waals surface area contributed by atoms with Crippen LogP contribution in [0.25, 0.3) is 0 Å². The topological polar surface area (TPSA) is 97.6 Å². The Kier molecular flexibility index (Phi) is 5.71. The Morgan fingerprint density at radius 3 is 2.29 bits per heavy atom. The molecule has 0 atom stereocenters. The standard InChI is InChI=1S/C19H19ClN2O5S/c1-28(26,27)17-4-2-3-16(18(17)22(24)25)21-11-9-14(10-12-21)19(23)13-5-7-15(20)8-6-13/h2-8,14H,9-12H2,1H3. The van der Waals surface area contributed by atoms with Crippen LogP contribution in [0, 0.1) is 16.0 Å². The van der Waals surface area contributed by atoms with Crippen LogP contribution in [0.5, 0.6) is 0 Å². The Balaban J connectivity index is 1.81. The van der Waals surface area contributed by atoms with E-state index in [4.69, 9.17) is 11.6 Å². The number of carbonyl (C=O) groups excluding carboxylic acids is 1. The summed E-state index contributed by atoms with van der Waals surface area (Å²) in [6, 6.07) is 11.0. The van der Waals surface area contributed by atoms with Crippen LogP contribution >= 0.6 is 11.6 Å². The highest BCUT2D eigenvalue weighted by Gasteiger charge is 2.32. The number of halogens is 1. The highest BCUT2D eigenvalue weighted by Crippen LogP contribution is 2.37. The zero-order valence-electron chi connectivity index (χ0n) is 15.2. The molecular weight excluding hydrogens is 404 g/mol. The molecule has 9 heteroatoms. The van der Waals surface area contributed by atoms with Gasteiger partial charge in [-0.15, -0.1) is 0 Å². The minimum atomic E-state index is -3.74. The van der Waals surface area contributed by atoms with Gasteiger partial charge in [0.25, 0.3) is 0 Å². The third-order valence-electron chi connectivity index (χ3n) is 4.89. The van der Waals surface area contributed by atoms with Gasteiger partial charge in [-0.25, -0.2) is 8.42 Å². The molecule has 0 radical (unpaired) electrons. The first-order valence-corrected chi connectivity index (χ1v) is 11.0. The van der Waals surface area contributed by atoms with Gasteiger partial charge in [-0.3, -0.25) is 14.9 Å². The van der Waals surface area contributed by atoms with Gasteiger partial charge in [0.2, 0.25) is 0 Å². The van der Waals surface area contributed by atoms with Gasteiger partial charge < -0.3 is 4.90 Å². The van der Waals surface area contributed by atoms with Crippen LogP contribution < -0.4 is 4.90 Å². The second-order valence-corrected chi connectivity index (χ2v) is 9.21. The van der Waals surface area contributed by atoms with Crippen molar-refractivity contribution in [2.45, 2.75) is 17.7 Å². The van der Waals surface area contributed by atoms with E-state index in [0.29, 0.717) is 36.5 Å². The number of carbonyl (C=O) groups is 1. The summed E-state index contributed by atoms with van der Waals surface area (Å²) in [6.45, 7) is 0.857. The van der Waals surface area contributed by atoms with Crippen molar-refractivity contribution in [2.75, 3.05) is 24.2 Å². The van der Waals surface area contributed by atoms with Gasteiger partial charge in [-0.05, 0) is 49.2 Å². The number of ketones is 1. The maximum Gasteiger partial charge on any atom is 0.311 e. The van der Waals surface area contributed by atoms with Crippen molar-refractivity contribution in [1.82, 2.24) is 0 Å². The predicted molar refractivity (Wildman–Crippen MR) is 107 cm³/mol. The van der Waals surface area contributed by atoms with Crippen molar-refractivity contribution in [2.24, 2.45) is 5.92 Å². The Morgan fingerprint density at radius 2 is 1.75 bits per heavy atom. The molecule has 2 aromatic carbocycles. The van der Waals surface area contributed by atoms with E-state index in [0.717, 1.165) is 6.26 Å². The SMILES string of the molecule is CS(=O)(=O)c1cccc(N2CCC(C(=O)c3ccc(Cl)cc3)CC2)c1[N+](=O)[O-]. The molecule has 0 aromatic heterocycles. The van der Waals surface area contributed by atoms with E-state index in [2.05, 4.69) is 0 Å². The second kappa shape index (κ2) is 7.89. The fraction of sp³-hybridized carbons (Fsp3) is 0.316. The van der Waals surface area contributed by atoms with Crippen molar-refractivity contribution in [1.29, 1.82) is 0 Å². The molecule has 0 unspecified atom stereocenters. The summed E-state index contributed by atoms with van der Waals surface area (Å²) in [4.78, 5) is 25.1. The predicted octanol–water partition coefficient (Wildman–Crippen LogP) is 3.75.